The maximum Gasteiger partial charge on any atom is 0.0719 e. The second kappa shape index (κ2) is 4.87. The first-order valence-corrected chi connectivity index (χ1v) is 8.99. The van der Waals surface area contributed by atoms with Crippen molar-refractivity contribution in [3.8, 4) is 0 Å². The van der Waals surface area contributed by atoms with Gasteiger partial charge in [-0.05, 0) is 47.5 Å². The molecule has 2 rings (SSSR count). The summed E-state index contributed by atoms with van der Waals surface area (Å²) in [6.07, 6.45) is 10.6. The molecule has 0 spiro atoms. The Balaban J connectivity index is 2.33. The van der Waals surface area contributed by atoms with Crippen molar-refractivity contribution in [3.63, 3.8) is 0 Å². The summed E-state index contributed by atoms with van der Waals surface area (Å²) in [5.74, 6) is 1.22. The molecular formula is C15H22OS. The van der Waals surface area contributed by atoms with E-state index >= 15 is 0 Å². The molecule has 1 aromatic carbocycles. The van der Waals surface area contributed by atoms with E-state index in [9.17, 15) is 0 Å². The van der Waals surface area contributed by atoms with Crippen molar-refractivity contribution in [3.05, 3.63) is 41.0 Å². The number of allylic oxidation sites excluding steroid dienone is 1. The Morgan fingerprint density at radius 1 is 1.24 bits per heavy atom. The summed E-state index contributed by atoms with van der Waals surface area (Å²) in [6, 6.07) is 6.59. The van der Waals surface area contributed by atoms with Crippen LogP contribution in [0.4, 0.5) is 0 Å². The lowest BCUT2D eigenvalue weighted by Crippen LogP contribution is -2.03. The van der Waals surface area contributed by atoms with Crippen molar-refractivity contribution in [1.82, 2.24) is 0 Å². The smallest absolute Gasteiger partial charge is 0.0719 e. The van der Waals surface area contributed by atoms with E-state index in [1.54, 1.807) is 7.11 Å². The van der Waals surface area contributed by atoms with Gasteiger partial charge in [-0.25, -0.2) is 10.0 Å². The maximum atomic E-state index is 5.31. The monoisotopic (exact) mass is 250 g/mol. The normalized spacial score (nSPS) is 15.6. The Bertz CT molecular complexity index is 441. The second-order valence-electron chi connectivity index (χ2n) is 5.55. The molecule has 0 aliphatic heterocycles. The van der Waals surface area contributed by atoms with E-state index in [0.717, 1.165) is 13.0 Å². The van der Waals surface area contributed by atoms with Crippen LogP contribution >= 0.6 is 10.0 Å². The zero-order chi connectivity index (χ0) is 12.5. The average molecular weight is 250 g/mol. The van der Waals surface area contributed by atoms with E-state index in [1.165, 1.54) is 28.0 Å². The lowest BCUT2D eigenvalue weighted by molar-refractivity contribution is 0.184. The third-order valence-corrected chi connectivity index (χ3v) is 4.19. The van der Waals surface area contributed by atoms with Crippen LogP contribution in [0.5, 0.6) is 0 Å². The molecule has 1 aromatic rings. The predicted octanol–water partition coefficient (Wildman–Crippen LogP) is 3.47. The van der Waals surface area contributed by atoms with E-state index in [0.29, 0.717) is 0 Å². The Labute approximate surface area is 106 Å². The molecule has 94 valence electrons. The Hall–Kier alpha value is -0.730. The van der Waals surface area contributed by atoms with Crippen LogP contribution in [0.15, 0.2) is 24.3 Å². The van der Waals surface area contributed by atoms with Gasteiger partial charge in [-0.1, -0.05) is 24.3 Å². The summed E-state index contributed by atoms with van der Waals surface area (Å²) in [6.45, 7) is 0.722. The van der Waals surface area contributed by atoms with Gasteiger partial charge in [0.1, 0.15) is 0 Å². The molecule has 0 amide bonds. The molecule has 0 radical (unpaired) electrons. The van der Waals surface area contributed by atoms with Crippen molar-refractivity contribution >= 4 is 15.6 Å². The average Bonchev–Trinajstić information content (AvgIpc) is 2.61. The van der Waals surface area contributed by atoms with Gasteiger partial charge in [0.2, 0.25) is 0 Å². The van der Waals surface area contributed by atoms with Gasteiger partial charge in [0.15, 0.2) is 0 Å². The largest absolute Gasteiger partial charge is 0.380 e. The first-order valence-electron chi connectivity index (χ1n) is 5.96. The highest BCUT2D eigenvalue weighted by Crippen LogP contribution is 2.43. The van der Waals surface area contributed by atoms with E-state index in [1.807, 2.05) is 0 Å². The number of benzene rings is 1. The minimum atomic E-state index is -0.491. The summed E-state index contributed by atoms with van der Waals surface area (Å²) < 4.78 is 5.31. The highest BCUT2D eigenvalue weighted by molar-refractivity contribution is 8.32. The topological polar surface area (TPSA) is 9.23 Å². The SMILES string of the molecule is COCc1cccc2c1C(CS(C)(C)C)=CC2. The first kappa shape index (κ1) is 12.7. The van der Waals surface area contributed by atoms with Crippen LogP contribution in [-0.2, 0) is 17.8 Å². The molecule has 2 heteroatoms. The van der Waals surface area contributed by atoms with Crippen LogP contribution in [0.2, 0.25) is 0 Å². The molecule has 1 aliphatic carbocycles. The molecule has 0 N–H and O–H groups in total. The molecular weight excluding hydrogens is 228 g/mol. The van der Waals surface area contributed by atoms with Gasteiger partial charge in [0.05, 0.1) is 6.61 Å². The summed E-state index contributed by atoms with van der Waals surface area (Å²) in [5, 5.41) is 0. The van der Waals surface area contributed by atoms with Gasteiger partial charge < -0.3 is 4.74 Å². The molecule has 0 heterocycles. The fraction of sp³-hybridized carbons (Fsp3) is 0.467. The Morgan fingerprint density at radius 3 is 2.65 bits per heavy atom. The number of methoxy groups -OCH3 is 1. The van der Waals surface area contributed by atoms with Crippen LogP contribution in [0.3, 0.4) is 0 Å². The van der Waals surface area contributed by atoms with Crippen LogP contribution in [0, 0.1) is 0 Å². The quantitative estimate of drug-likeness (QED) is 0.795. The lowest BCUT2D eigenvalue weighted by atomic mass is 10.0. The third-order valence-electron chi connectivity index (χ3n) is 3.01. The minimum Gasteiger partial charge on any atom is -0.380 e. The standard InChI is InChI=1S/C15H22OS/c1-16-10-13-7-5-6-12-8-9-14(15(12)13)11-17(2,3)4/h5-7,9H,8,10-11H2,1-4H3. The van der Waals surface area contributed by atoms with Gasteiger partial charge >= 0.3 is 0 Å². The predicted molar refractivity (Wildman–Crippen MR) is 79.1 cm³/mol. The molecule has 17 heavy (non-hydrogen) atoms. The van der Waals surface area contributed by atoms with E-state index in [2.05, 4.69) is 43.0 Å². The highest BCUT2D eigenvalue weighted by Gasteiger charge is 2.20. The van der Waals surface area contributed by atoms with Gasteiger partial charge in [0, 0.05) is 12.9 Å². The zero-order valence-corrected chi connectivity index (χ0v) is 12.1. The molecule has 1 nitrogen and oxygen atoms in total. The fourth-order valence-electron chi connectivity index (χ4n) is 2.44. The third kappa shape index (κ3) is 2.93. The number of rotatable bonds is 4. The van der Waals surface area contributed by atoms with Gasteiger partial charge in [-0.15, -0.1) is 0 Å². The highest BCUT2D eigenvalue weighted by atomic mass is 32.3. The van der Waals surface area contributed by atoms with Crippen LogP contribution < -0.4 is 0 Å². The van der Waals surface area contributed by atoms with Gasteiger partial charge in [-0.2, -0.15) is 0 Å². The maximum absolute atomic E-state index is 5.31. The number of fused-ring (bicyclic) bond motifs is 1. The molecule has 0 unspecified atom stereocenters. The lowest BCUT2D eigenvalue weighted by Gasteiger charge is -2.27. The first-order chi connectivity index (χ1) is 8.01. The Morgan fingerprint density at radius 2 is 2.00 bits per heavy atom. The van der Waals surface area contributed by atoms with E-state index < -0.39 is 10.0 Å². The van der Waals surface area contributed by atoms with E-state index in [4.69, 9.17) is 4.74 Å². The molecule has 1 aliphatic rings. The summed E-state index contributed by atoms with van der Waals surface area (Å²) in [7, 11) is 1.28. The molecule has 0 fully saturated rings. The fourth-order valence-corrected chi connectivity index (χ4v) is 3.64. The number of hydrogen-bond donors (Lipinski definition) is 0. The van der Waals surface area contributed by atoms with Gasteiger partial charge in [0.25, 0.3) is 0 Å². The minimum absolute atomic E-state index is 0.491. The zero-order valence-electron chi connectivity index (χ0n) is 11.2. The molecule has 0 saturated heterocycles. The van der Waals surface area contributed by atoms with Crippen molar-refractivity contribution in [2.24, 2.45) is 0 Å². The van der Waals surface area contributed by atoms with E-state index in [-0.39, 0.29) is 0 Å². The molecule has 0 saturated carbocycles. The summed E-state index contributed by atoms with van der Waals surface area (Å²) in [5.41, 5.74) is 5.82. The van der Waals surface area contributed by atoms with Gasteiger partial charge in [-0.3, -0.25) is 0 Å². The molecule has 0 atom stereocenters. The Kier molecular flexibility index (Phi) is 3.64. The molecule has 0 aromatic heterocycles. The summed E-state index contributed by atoms with van der Waals surface area (Å²) in [4.78, 5) is 0. The van der Waals surface area contributed by atoms with Crippen molar-refractivity contribution in [1.29, 1.82) is 0 Å². The van der Waals surface area contributed by atoms with Crippen molar-refractivity contribution in [2.75, 3.05) is 31.6 Å². The summed E-state index contributed by atoms with van der Waals surface area (Å²) >= 11 is 0. The van der Waals surface area contributed by atoms with Crippen LogP contribution in [0.1, 0.15) is 16.7 Å². The van der Waals surface area contributed by atoms with Crippen LogP contribution in [-0.4, -0.2) is 31.6 Å². The van der Waals surface area contributed by atoms with Crippen molar-refractivity contribution in [2.45, 2.75) is 13.0 Å². The molecule has 0 bridgehead atoms. The number of ether oxygens (including phenoxy) is 1. The second-order valence-corrected chi connectivity index (χ2v) is 10.0. The van der Waals surface area contributed by atoms with Crippen LogP contribution in [0.25, 0.3) is 5.57 Å². The van der Waals surface area contributed by atoms with Crippen molar-refractivity contribution < 1.29 is 4.74 Å². The number of hydrogen-bond acceptors (Lipinski definition) is 1.